The number of rotatable bonds is 3. The van der Waals surface area contributed by atoms with E-state index in [2.05, 4.69) is 12.2 Å². The van der Waals surface area contributed by atoms with Gasteiger partial charge >= 0.3 is 5.63 Å². The lowest BCUT2D eigenvalue weighted by Gasteiger charge is -2.45. The van der Waals surface area contributed by atoms with Gasteiger partial charge in [0, 0.05) is 12.1 Å². The standard InChI is InChI=1S/C18H23NO3/c1-10(19-18(21)14-4-5-16(20)22-9-14)17-13-3-2-12-6-11(7-13)8-15(12)17/h4-5,9-13,15,17H,2-3,6-8H2,1H3,(H,19,21)/t10-,11-,12-,13+,15-,17+/m0/s1. The van der Waals surface area contributed by atoms with E-state index in [4.69, 9.17) is 4.42 Å². The van der Waals surface area contributed by atoms with E-state index in [0.717, 1.165) is 23.7 Å². The molecule has 0 aromatic carbocycles. The zero-order valence-electron chi connectivity index (χ0n) is 13.0. The molecule has 0 radical (unpaired) electrons. The molecular weight excluding hydrogens is 278 g/mol. The summed E-state index contributed by atoms with van der Waals surface area (Å²) in [5.74, 6) is 3.92. The summed E-state index contributed by atoms with van der Waals surface area (Å²) in [6.07, 6.45) is 8.13. The molecule has 3 bridgehead atoms. The van der Waals surface area contributed by atoms with Gasteiger partial charge in [-0.05, 0) is 74.7 Å². The molecular formula is C18H23NO3. The normalized spacial score (nSPS) is 37.0. The minimum Gasteiger partial charge on any atom is -0.430 e. The highest BCUT2D eigenvalue weighted by molar-refractivity contribution is 5.93. The Morgan fingerprint density at radius 3 is 2.77 bits per heavy atom. The Labute approximate surface area is 130 Å². The third-order valence-corrected chi connectivity index (χ3v) is 6.33. The van der Waals surface area contributed by atoms with E-state index in [-0.39, 0.29) is 11.9 Å². The second kappa shape index (κ2) is 5.25. The van der Waals surface area contributed by atoms with Gasteiger partial charge in [0.15, 0.2) is 0 Å². The maximum absolute atomic E-state index is 12.3. The fraction of sp³-hybridized carbons (Fsp3) is 0.667. The van der Waals surface area contributed by atoms with Gasteiger partial charge in [0.25, 0.3) is 5.91 Å². The van der Waals surface area contributed by atoms with Crippen molar-refractivity contribution in [1.29, 1.82) is 0 Å². The molecule has 22 heavy (non-hydrogen) atoms. The van der Waals surface area contributed by atoms with Crippen LogP contribution in [0.15, 0.2) is 27.6 Å². The minimum atomic E-state index is -0.425. The average molecular weight is 301 g/mol. The predicted molar refractivity (Wildman–Crippen MR) is 82.4 cm³/mol. The van der Waals surface area contributed by atoms with Gasteiger partial charge in [-0.1, -0.05) is 0 Å². The second-order valence-electron chi connectivity index (χ2n) is 7.52. The molecule has 3 saturated carbocycles. The largest absolute Gasteiger partial charge is 0.430 e. The van der Waals surface area contributed by atoms with Crippen molar-refractivity contribution >= 4 is 5.91 Å². The zero-order valence-corrected chi connectivity index (χ0v) is 13.0. The van der Waals surface area contributed by atoms with Crippen LogP contribution in [-0.2, 0) is 0 Å². The Bertz CT molecular complexity index is 617. The SMILES string of the molecule is C[C@H](NC(=O)c1ccc(=O)oc1)[C@@H]1[C@@H]2CC[C@H]3C[C@@H](C2)C[C@@H]31. The summed E-state index contributed by atoms with van der Waals surface area (Å²) in [5.41, 5.74) is 0.00269. The molecule has 4 rings (SSSR count). The van der Waals surface area contributed by atoms with Crippen molar-refractivity contribution in [2.75, 3.05) is 0 Å². The predicted octanol–water partition coefficient (Wildman–Crippen LogP) is 2.83. The maximum atomic E-state index is 12.3. The van der Waals surface area contributed by atoms with Crippen LogP contribution >= 0.6 is 0 Å². The Balaban J connectivity index is 1.48. The molecule has 1 aromatic heterocycles. The molecule has 4 nitrogen and oxygen atoms in total. The molecule has 4 heteroatoms. The fourth-order valence-corrected chi connectivity index (χ4v) is 5.60. The summed E-state index contributed by atoms with van der Waals surface area (Å²) in [5, 5.41) is 3.15. The lowest BCUT2D eigenvalue weighted by atomic mass is 9.62. The van der Waals surface area contributed by atoms with Gasteiger partial charge in [0.05, 0.1) is 5.56 Å². The molecule has 118 valence electrons. The number of carbonyl (C=O) groups excluding carboxylic acids is 1. The number of hydrogen-bond donors (Lipinski definition) is 1. The van der Waals surface area contributed by atoms with Gasteiger partial charge in [-0.25, -0.2) is 4.79 Å². The van der Waals surface area contributed by atoms with Crippen LogP contribution < -0.4 is 10.9 Å². The number of nitrogens with one attached hydrogen (secondary N) is 1. The highest BCUT2D eigenvalue weighted by Gasteiger charge is 2.51. The molecule has 3 fully saturated rings. The first-order valence-electron chi connectivity index (χ1n) is 8.51. The van der Waals surface area contributed by atoms with Crippen LogP contribution in [-0.4, -0.2) is 11.9 Å². The van der Waals surface area contributed by atoms with Crippen LogP contribution in [0.4, 0.5) is 0 Å². The average Bonchev–Trinajstić information content (AvgIpc) is 2.70. The van der Waals surface area contributed by atoms with E-state index in [1.165, 1.54) is 50.5 Å². The quantitative estimate of drug-likeness (QED) is 0.934. The number of amides is 1. The third-order valence-electron chi connectivity index (χ3n) is 6.33. The summed E-state index contributed by atoms with van der Waals surface area (Å²) in [6, 6.07) is 3.02. The van der Waals surface area contributed by atoms with E-state index in [0.29, 0.717) is 11.5 Å². The van der Waals surface area contributed by atoms with Gasteiger partial charge in [-0.3, -0.25) is 4.79 Å². The lowest BCUT2D eigenvalue weighted by Crippen LogP contribution is -2.48. The van der Waals surface area contributed by atoms with Gasteiger partial charge < -0.3 is 9.73 Å². The highest BCUT2D eigenvalue weighted by atomic mass is 16.4. The molecule has 0 spiro atoms. The van der Waals surface area contributed by atoms with Crippen molar-refractivity contribution in [2.45, 2.75) is 45.1 Å². The molecule has 0 aliphatic heterocycles. The smallest absolute Gasteiger partial charge is 0.335 e. The van der Waals surface area contributed by atoms with Crippen molar-refractivity contribution in [3.8, 4) is 0 Å². The molecule has 3 aliphatic carbocycles. The molecule has 1 aromatic rings. The van der Waals surface area contributed by atoms with Crippen LogP contribution in [0.2, 0.25) is 0 Å². The van der Waals surface area contributed by atoms with Gasteiger partial charge in [-0.2, -0.15) is 0 Å². The van der Waals surface area contributed by atoms with Crippen LogP contribution in [0.3, 0.4) is 0 Å². The van der Waals surface area contributed by atoms with Crippen molar-refractivity contribution < 1.29 is 9.21 Å². The molecule has 6 atom stereocenters. The van der Waals surface area contributed by atoms with E-state index in [1.54, 1.807) is 0 Å². The first kappa shape index (κ1) is 14.0. The maximum Gasteiger partial charge on any atom is 0.335 e. The molecule has 1 N–H and O–H groups in total. The number of hydrogen-bond acceptors (Lipinski definition) is 3. The van der Waals surface area contributed by atoms with Crippen molar-refractivity contribution in [3.63, 3.8) is 0 Å². The second-order valence-corrected chi connectivity index (χ2v) is 7.52. The Morgan fingerprint density at radius 2 is 2.00 bits per heavy atom. The van der Waals surface area contributed by atoms with Gasteiger partial charge in [-0.15, -0.1) is 0 Å². The van der Waals surface area contributed by atoms with E-state index in [1.807, 2.05) is 0 Å². The Hall–Kier alpha value is -1.58. The van der Waals surface area contributed by atoms with Crippen molar-refractivity contribution in [2.24, 2.45) is 29.6 Å². The summed E-state index contributed by atoms with van der Waals surface area (Å²) in [6.45, 7) is 2.15. The number of fused-ring (bicyclic) bond motifs is 2. The zero-order chi connectivity index (χ0) is 15.3. The monoisotopic (exact) mass is 301 g/mol. The van der Waals surface area contributed by atoms with Gasteiger partial charge in [0.1, 0.15) is 6.26 Å². The Kier molecular flexibility index (Phi) is 3.35. The lowest BCUT2D eigenvalue weighted by molar-refractivity contribution is 0.0518. The molecule has 0 unspecified atom stereocenters. The van der Waals surface area contributed by atoms with Gasteiger partial charge in [0.2, 0.25) is 0 Å². The first-order chi connectivity index (χ1) is 10.6. The van der Waals surface area contributed by atoms with Crippen LogP contribution in [0.1, 0.15) is 49.4 Å². The van der Waals surface area contributed by atoms with Crippen LogP contribution in [0.5, 0.6) is 0 Å². The van der Waals surface area contributed by atoms with E-state index >= 15 is 0 Å². The molecule has 1 heterocycles. The minimum absolute atomic E-state index is 0.132. The summed E-state index contributed by atoms with van der Waals surface area (Å²) in [4.78, 5) is 23.3. The van der Waals surface area contributed by atoms with Crippen LogP contribution in [0, 0.1) is 29.6 Å². The summed E-state index contributed by atoms with van der Waals surface area (Å²) in [7, 11) is 0. The molecule has 0 saturated heterocycles. The third kappa shape index (κ3) is 2.29. The van der Waals surface area contributed by atoms with Crippen LogP contribution in [0.25, 0.3) is 0 Å². The van der Waals surface area contributed by atoms with Crippen molar-refractivity contribution in [1.82, 2.24) is 5.32 Å². The Morgan fingerprint density at radius 1 is 1.23 bits per heavy atom. The van der Waals surface area contributed by atoms with E-state index in [9.17, 15) is 9.59 Å². The summed E-state index contributed by atoms with van der Waals surface area (Å²) >= 11 is 0. The highest BCUT2D eigenvalue weighted by Crippen LogP contribution is 2.58. The topological polar surface area (TPSA) is 59.3 Å². The molecule has 1 amide bonds. The summed E-state index contributed by atoms with van der Waals surface area (Å²) < 4.78 is 4.79. The van der Waals surface area contributed by atoms with Crippen molar-refractivity contribution in [3.05, 3.63) is 34.4 Å². The first-order valence-corrected chi connectivity index (χ1v) is 8.51. The fourth-order valence-electron chi connectivity index (χ4n) is 5.60. The number of carbonyl (C=O) groups is 1. The van der Waals surface area contributed by atoms with E-state index < -0.39 is 5.63 Å². The molecule has 3 aliphatic rings.